The van der Waals surface area contributed by atoms with E-state index in [0.29, 0.717) is 23.2 Å². The Bertz CT molecular complexity index is 452. The quantitative estimate of drug-likeness (QED) is 0.804. The minimum atomic E-state index is -0.874. The van der Waals surface area contributed by atoms with Crippen LogP contribution < -0.4 is 0 Å². The number of carboxylic acids is 1. The molecule has 1 N–H and O–H groups in total. The van der Waals surface area contributed by atoms with Crippen molar-refractivity contribution in [2.45, 2.75) is 73.8 Å². The fourth-order valence-corrected chi connectivity index (χ4v) is 5.94. The Labute approximate surface area is 142 Å². The van der Waals surface area contributed by atoms with Crippen LogP contribution in [0.5, 0.6) is 0 Å². The second-order valence-corrected chi connectivity index (χ2v) is 10.6. The Morgan fingerprint density at radius 2 is 1.48 bits per heavy atom. The van der Waals surface area contributed by atoms with Gasteiger partial charge in [-0.2, -0.15) is 0 Å². The van der Waals surface area contributed by atoms with Crippen molar-refractivity contribution in [2.24, 2.45) is 40.4 Å². The third kappa shape index (κ3) is 3.60. The van der Waals surface area contributed by atoms with Gasteiger partial charge in [0.25, 0.3) is 0 Å². The maximum absolute atomic E-state index is 10.9. The van der Waals surface area contributed by atoms with E-state index in [1.165, 1.54) is 12.8 Å². The maximum atomic E-state index is 10.9. The second-order valence-electron chi connectivity index (χ2n) is 10.6. The molecule has 0 heterocycles. The third-order valence-electron chi connectivity index (χ3n) is 6.47. The van der Waals surface area contributed by atoms with E-state index in [2.05, 4.69) is 55.4 Å². The molecule has 5 unspecified atom stereocenters. The van der Waals surface area contributed by atoms with Crippen molar-refractivity contribution < 1.29 is 14.6 Å². The average Bonchev–Trinajstić information content (AvgIpc) is 2.92. The van der Waals surface area contributed by atoms with Crippen LogP contribution in [0.4, 0.5) is 0 Å². The largest absolute Gasteiger partial charge is 0.480 e. The summed E-state index contributed by atoms with van der Waals surface area (Å²) in [7, 11) is 0. The van der Waals surface area contributed by atoms with Crippen LogP contribution in [-0.2, 0) is 9.53 Å². The molecule has 2 bridgehead atoms. The Morgan fingerprint density at radius 1 is 0.957 bits per heavy atom. The lowest BCUT2D eigenvalue weighted by molar-refractivity contribution is -0.156. The first kappa shape index (κ1) is 18.8. The monoisotopic (exact) mass is 324 g/mol. The lowest BCUT2D eigenvalue weighted by Crippen LogP contribution is -2.48. The van der Waals surface area contributed by atoms with Crippen LogP contribution in [0.3, 0.4) is 0 Å². The lowest BCUT2D eigenvalue weighted by atomic mass is 9.55. The van der Waals surface area contributed by atoms with Crippen LogP contribution >= 0.6 is 0 Å². The van der Waals surface area contributed by atoms with Crippen LogP contribution in [0.25, 0.3) is 0 Å². The van der Waals surface area contributed by atoms with Crippen molar-refractivity contribution in [1.82, 2.24) is 0 Å². The maximum Gasteiger partial charge on any atom is 0.329 e. The molecule has 0 aliphatic heterocycles. The van der Waals surface area contributed by atoms with E-state index in [1.54, 1.807) is 0 Å². The van der Waals surface area contributed by atoms with E-state index in [-0.39, 0.29) is 17.6 Å². The molecule has 0 amide bonds. The minimum Gasteiger partial charge on any atom is -0.480 e. The smallest absolute Gasteiger partial charge is 0.329 e. The van der Waals surface area contributed by atoms with Gasteiger partial charge in [-0.3, -0.25) is 0 Å². The number of hydrogen-bond acceptors (Lipinski definition) is 2. The SMILES string of the molecule is CC(C)(C)C1C2CC(C1C(C)(C)C)C(C(C)(C)OCC(=O)O)C2. The van der Waals surface area contributed by atoms with Crippen molar-refractivity contribution >= 4 is 5.97 Å². The van der Waals surface area contributed by atoms with Crippen molar-refractivity contribution in [3.63, 3.8) is 0 Å². The first-order valence-electron chi connectivity index (χ1n) is 9.11. The predicted octanol–water partition coefficient (Wildman–Crippen LogP) is 4.85. The molecule has 2 rings (SSSR count). The van der Waals surface area contributed by atoms with Gasteiger partial charge in [0.15, 0.2) is 0 Å². The summed E-state index contributed by atoms with van der Waals surface area (Å²) >= 11 is 0. The number of rotatable bonds is 4. The van der Waals surface area contributed by atoms with E-state index < -0.39 is 5.97 Å². The van der Waals surface area contributed by atoms with Gasteiger partial charge >= 0.3 is 5.97 Å². The molecule has 0 aromatic heterocycles. The van der Waals surface area contributed by atoms with E-state index >= 15 is 0 Å². The molecule has 3 heteroatoms. The van der Waals surface area contributed by atoms with Crippen LogP contribution in [0.1, 0.15) is 68.2 Å². The minimum absolute atomic E-state index is 0.191. The van der Waals surface area contributed by atoms with E-state index in [9.17, 15) is 4.79 Å². The highest BCUT2D eigenvalue weighted by atomic mass is 16.5. The van der Waals surface area contributed by atoms with Gasteiger partial charge in [-0.25, -0.2) is 4.79 Å². The number of ether oxygens (including phenoxy) is 1. The molecule has 2 aliphatic rings. The van der Waals surface area contributed by atoms with Crippen LogP contribution in [0.2, 0.25) is 0 Å². The van der Waals surface area contributed by atoms with Crippen LogP contribution in [-0.4, -0.2) is 23.3 Å². The van der Waals surface area contributed by atoms with Crippen molar-refractivity contribution in [3.05, 3.63) is 0 Å². The fourth-order valence-electron chi connectivity index (χ4n) is 5.94. The topological polar surface area (TPSA) is 46.5 Å². The Balaban J connectivity index is 2.26. The summed E-state index contributed by atoms with van der Waals surface area (Å²) in [4.78, 5) is 10.9. The first-order valence-corrected chi connectivity index (χ1v) is 9.11. The van der Waals surface area contributed by atoms with E-state index in [4.69, 9.17) is 9.84 Å². The van der Waals surface area contributed by atoms with Gasteiger partial charge in [0.2, 0.25) is 0 Å². The summed E-state index contributed by atoms with van der Waals surface area (Å²) in [5, 5.41) is 8.96. The zero-order chi connectivity index (χ0) is 17.8. The Kier molecular flexibility index (Phi) is 4.69. The van der Waals surface area contributed by atoms with Gasteiger partial charge in [0.05, 0.1) is 5.60 Å². The number of aliphatic carboxylic acids is 1. The molecule has 0 aromatic carbocycles. The summed E-state index contributed by atoms with van der Waals surface area (Å²) in [6.07, 6.45) is 2.47. The fraction of sp³-hybridized carbons (Fsp3) is 0.950. The van der Waals surface area contributed by atoms with Gasteiger partial charge in [0, 0.05) is 0 Å². The summed E-state index contributed by atoms with van der Waals surface area (Å²) in [6, 6.07) is 0. The van der Waals surface area contributed by atoms with Crippen molar-refractivity contribution in [2.75, 3.05) is 6.61 Å². The predicted molar refractivity (Wildman–Crippen MR) is 93.3 cm³/mol. The summed E-state index contributed by atoms with van der Waals surface area (Å²) in [6.45, 7) is 18.3. The molecular formula is C20H36O3. The van der Waals surface area contributed by atoms with Crippen molar-refractivity contribution in [3.8, 4) is 0 Å². The van der Waals surface area contributed by atoms with Gasteiger partial charge < -0.3 is 9.84 Å². The molecule has 0 aromatic rings. The molecule has 2 aliphatic carbocycles. The third-order valence-corrected chi connectivity index (χ3v) is 6.47. The highest BCUT2D eigenvalue weighted by Crippen LogP contribution is 2.66. The number of carbonyl (C=O) groups is 1. The highest BCUT2D eigenvalue weighted by Gasteiger charge is 2.61. The molecule has 23 heavy (non-hydrogen) atoms. The molecular weight excluding hydrogens is 288 g/mol. The molecule has 5 atom stereocenters. The van der Waals surface area contributed by atoms with Crippen LogP contribution in [0, 0.1) is 40.4 Å². The number of fused-ring (bicyclic) bond motifs is 2. The Morgan fingerprint density at radius 3 is 1.91 bits per heavy atom. The van der Waals surface area contributed by atoms with Crippen molar-refractivity contribution in [1.29, 1.82) is 0 Å². The standard InChI is InChI=1S/C20H36O3/c1-18(2,3)16-12-9-13(17(16)19(4,5)6)14(10-12)20(7,8)23-11-15(21)22/h12-14,16-17H,9-11H2,1-8H3,(H,21,22). The van der Waals surface area contributed by atoms with E-state index in [1.807, 2.05) is 0 Å². The molecule has 134 valence electrons. The first-order chi connectivity index (χ1) is 10.2. The number of hydrogen-bond donors (Lipinski definition) is 1. The highest BCUT2D eigenvalue weighted by molar-refractivity contribution is 5.68. The zero-order valence-electron chi connectivity index (χ0n) is 16.3. The summed E-state index contributed by atoms with van der Waals surface area (Å²) in [5.74, 6) is 2.42. The van der Waals surface area contributed by atoms with Gasteiger partial charge in [0.1, 0.15) is 6.61 Å². The molecule has 2 fully saturated rings. The van der Waals surface area contributed by atoms with E-state index in [0.717, 1.165) is 11.8 Å². The summed E-state index contributed by atoms with van der Waals surface area (Å²) < 4.78 is 5.81. The van der Waals surface area contributed by atoms with Gasteiger partial charge in [-0.1, -0.05) is 41.5 Å². The molecule has 2 saturated carbocycles. The van der Waals surface area contributed by atoms with Crippen LogP contribution in [0.15, 0.2) is 0 Å². The average molecular weight is 325 g/mol. The second kappa shape index (κ2) is 5.75. The normalized spacial score (nSPS) is 34.9. The molecule has 0 spiro atoms. The van der Waals surface area contributed by atoms with Gasteiger partial charge in [-0.05, 0) is 67.1 Å². The Hall–Kier alpha value is -0.570. The molecule has 3 nitrogen and oxygen atoms in total. The van der Waals surface area contributed by atoms with Gasteiger partial charge in [-0.15, -0.1) is 0 Å². The zero-order valence-corrected chi connectivity index (χ0v) is 16.3. The lowest BCUT2D eigenvalue weighted by Gasteiger charge is -2.51. The molecule has 0 saturated heterocycles. The number of carboxylic acid groups (broad SMARTS) is 1. The molecule has 0 radical (unpaired) electrons. The summed E-state index contributed by atoms with van der Waals surface area (Å²) in [5.41, 5.74) is 0.247.